The first-order valence-corrected chi connectivity index (χ1v) is 5.91. The number of likely N-dealkylation sites (N-methyl/N-ethyl adjacent to an activating group) is 1. The monoisotopic (exact) mass is 229 g/mol. The first-order valence-electron chi connectivity index (χ1n) is 5.91. The number of nitrogens with zero attached hydrogens (tertiary/aromatic N) is 2. The van der Waals surface area contributed by atoms with Gasteiger partial charge in [0, 0.05) is 19.6 Å². The van der Waals surface area contributed by atoms with Gasteiger partial charge in [0.2, 0.25) is 5.91 Å². The fraction of sp³-hybridized carbons (Fsp3) is 0.909. The summed E-state index contributed by atoms with van der Waals surface area (Å²) in [7, 11) is 3.83. The van der Waals surface area contributed by atoms with E-state index in [1.807, 2.05) is 23.9 Å². The molecule has 0 aromatic heterocycles. The van der Waals surface area contributed by atoms with Crippen LogP contribution >= 0.6 is 0 Å². The van der Waals surface area contributed by atoms with Crippen molar-refractivity contribution >= 4 is 5.91 Å². The van der Waals surface area contributed by atoms with Crippen molar-refractivity contribution in [3.63, 3.8) is 0 Å². The van der Waals surface area contributed by atoms with E-state index in [-0.39, 0.29) is 5.91 Å². The Balaban J connectivity index is 2.37. The minimum Gasteiger partial charge on any atom is -0.378 e. The lowest BCUT2D eigenvalue weighted by Crippen LogP contribution is -2.42. The molecule has 0 radical (unpaired) electrons. The SMILES string of the molecule is CN(C)CC(=O)N1CCCNCCOCC1. The highest BCUT2D eigenvalue weighted by Crippen LogP contribution is 1.96. The zero-order valence-electron chi connectivity index (χ0n) is 10.4. The van der Waals surface area contributed by atoms with Crippen molar-refractivity contribution in [2.45, 2.75) is 6.42 Å². The molecular formula is C11H23N3O2. The van der Waals surface area contributed by atoms with E-state index < -0.39 is 0 Å². The summed E-state index contributed by atoms with van der Waals surface area (Å²) < 4.78 is 5.43. The molecule has 0 aliphatic carbocycles. The van der Waals surface area contributed by atoms with Crippen LogP contribution in [0.15, 0.2) is 0 Å². The molecule has 1 rings (SSSR count). The molecule has 1 heterocycles. The van der Waals surface area contributed by atoms with Crippen molar-refractivity contribution in [1.82, 2.24) is 15.1 Å². The van der Waals surface area contributed by atoms with Crippen molar-refractivity contribution < 1.29 is 9.53 Å². The van der Waals surface area contributed by atoms with E-state index in [1.54, 1.807) is 0 Å². The predicted molar refractivity (Wildman–Crippen MR) is 63.4 cm³/mol. The highest BCUT2D eigenvalue weighted by atomic mass is 16.5. The van der Waals surface area contributed by atoms with Crippen molar-refractivity contribution in [2.75, 3.05) is 60.0 Å². The average Bonchev–Trinajstić information content (AvgIpc) is 2.24. The van der Waals surface area contributed by atoms with Crippen LogP contribution < -0.4 is 5.32 Å². The summed E-state index contributed by atoms with van der Waals surface area (Å²) in [5, 5.41) is 3.28. The number of hydrogen-bond donors (Lipinski definition) is 1. The van der Waals surface area contributed by atoms with Gasteiger partial charge >= 0.3 is 0 Å². The van der Waals surface area contributed by atoms with Gasteiger partial charge in [0.05, 0.1) is 19.8 Å². The number of hydrogen-bond acceptors (Lipinski definition) is 4. The van der Waals surface area contributed by atoms with E-state index in [0.717, 1.165) is 32.7 Å². The zero-order valence-corrected chi connectivity index (χ0v) is 10.4. The molecule has 1 aliphatic heterocycles. The fourth-order valence-electron chi connectivity index (χ4n) is 1.67. The summed E-state index contributed by atoms with van der Waals surface area (Å²) in [6.45, 7) is 5.25. The molecule has 0 atom stereocenters. The molecule has 5 heteroatoms. The highest BCUT2D eigenvalue weighted by molar-refractivity contribution is 5.78. The molecule has 5 nitrogen and oxygen atoms in total. The molecule has 1 saturated heterocycles. The van der Waals surface area contributed by atoms with Gasteiger partial charge in [-0.3, -0.25) is 4.79 Å². The molecule has 94 valence electrons. The number of amides is 1. The molecule has 1 aliphatic rings. The van der Waals surface area contributed by atoms with Crippen molar-refractivity contribution in [3.8, 4) is 0 Å². The Bertz CT molecular complexity index is 199. The van der Waals surface area contributed by atoms with E-state index in [9.17, 15) is 4.79 Å². The number of carbonyl (C=O) groups excluding carboxylic acids is 1. The van der Waals surface area contributed by atoms with Gasteiger partial charge < -0.3 is 19.9 Å². The van der Waals surface area contributed by atoms with Gasteiger partial charge in [-0.05, 0) is 27.1 Å². The molecule has 0 unspecified atom stereocenters. The van der Waals surface area contributed by atoms with Gasteiger partial charge in [0.25, 0.3) is 0 Å². The molecule has 0 aromatic rings. The second kappa shape index (κ2) is 7.60. The average molecular weight is 229 g/mol. The summed E-state index contributed by atoms with van der Waals surface area (Å²) in [6.07, 6.45) is 1.01. The maximum Gasteiger partial charge on any atom is 0.236 e. The summed E-state index contributed by atoms with van der Waals surface area (Å²) in [4.78, 5) is 15.7. The number of carbonyl (C=O) groups is 1. The minimum atomic E-state index is 0.189. The van der Waals surface area contributed by atoms with Gasteiger partial charge in [-0.2, -0.15) is 0 Å². The molecule has 1 amide bonds. The Labute approximate surface area is 97.7 Å². The number of rotatable bonds is 2. The first-order chi connectivity index (χ1) is 7.70. The summed E-state index contributed by atoms with van der Waals surface area (Å²) in [5.41, 5.74) is 0. The van der Waals surface area contributed by atoms with Crippen LogP contribution in [-0.2, 0) is 9.53 Å². The van der Waals surface area contributed by atoms with E-state index in [0.29, 0.717) is 19.7 Å². The summed E-state index contributed by atoms with van der Waals surface area (Å²) in [6, 6.07) is 0. The number of nitrogens with one attached hydrogen (secondary N) is 1. The van der Waals surface area contributed by atoms with Crippen LogP contribution in [-0.4, -0.2) is 75.7 Å². The maximum atomic E-state index is 11.9. The Morgan fingerprint density at radius 3 is 2.88 bits per heavy atom. The van der Waals surface area contributed by atoms with Crippen LogP contribution in [0.5, 0.6) is 0 Å². The zero-order chi connectivity index (χ0) is 11.8. The molecule has 0 bridgehead atoms. The Morgan fingerprint density at radius 2 is 2.12 bits per heavy atom. The third kappa shape index (κ3) is 5.44. The molecule has 0 saturated carbocycles. The molecular weight excluding hydrogens is 206 g/mol. The highest BCUT2D eigenvalue weighted by Gasteiger charge is 2.14. The Kier molecular flexibility index (Phi) is 6.37. The van der Waals surface area contributed by atoms with Crippen molar-refractivity contribution in [2.24, 2.45) is 0 Å². The lowest BCUT2D eigenvalue weighted by molar-refractivity contribution is -0.132. The summed E-state index contributed by atoms with van der Waals surface area (Å²) in [5.74, 6) is 0.189. The second-order valence-corrected chi connectivity index (χ2v) is 4.33. The normalized spacial score (nSPS) is 19.8. The first kappa shape index (κ1) is 13.4. The lowest BCUT2D eigenvalue weighted by atomic mass is 10.3. The predicted octanol–water partition coefficient (Wildman–Crippen LogP) is -0.613. The largest absolute Gasteiger partial charge is 0.378 e. The van der Waals surface area contributed by atoms with E-state index in [1.165, 1.54) is 0 Å². The minimum absolute atomic E-state index is 0.189. The van der Waals surface area contributed by atoms with Crippen LogP contribution in [0, 0.1) is 0 Å². The van der Waals surface area contributed by atoms with Gasteiger partial charge in [0.15, 0.2) is 0 Å². The third-order valence-corrected chi connectivity index (χ3v) is 2.51. The molecule has 0 spiro atoms. The number of ether oxygens (including phenoxy) is 1. The molecule has 1 N–H and O–H groups in total. The van der Waals surface area contributed by atoms with Crippen LogP contribution in [0.25, 0.3) is 0 Å². The molecule has 1 fully saturated rings. The van der Waals surface area contributed by atoms with Crippen molar-refractivity contribution in [1.29, 1.82) is 0 Å². The van der Waals surface area contributed by atoms with Gasteiger partial charge in [-0.1, -0.05) is 0 Å². The van der Waals surface area contributed by atoms with E-state index in [2.05, 4.69) is 5.32 Å². The fourth-order valence-corrected chi connectivity index (χ4v) is 1.67. The lowest BCUT2D eigenvalue weighted by Gasteiger charge is -2.25. The molecule has 16 heavy (non-hydrogen) atoms. The summed E-state index contributed by atoms with van der Waals surface area (Å²) >= 11 is 0. The third-order valence-electron chi connectivity index (χ3n) is 2.51. The van der Waals surface area contributed by atoms with E-state index in [4.69, 9.17) is 4.74 Å². The Morgan fingerprint density at radius 1 is 1.31 bits per heavy atom. The van der Waals surface area contributed by atoms with E-state index >= 15 is 0 Å². The van der Waals surface area contributed by atoms with Crippen LogP contribution in [0.1, 0.15) is 6.42 Å². The molecule has 0 aromatic carbocycles. The maximum absolute atomic E-state index is 11.9. The second-order valence-electron chi connectivity index (χ2n) is 4.33. The van der Waals surface area contributed by atoms with Crippen LogP contribution in [0.3, 0.4) is 0 Å². The smallest absolute Gasteiger partial charge is 0.236 e. The van der Waals surface area contributed by atoms with Crippen molar-refractivity contribution in [3.05, 3.63) is 0 Å². The quantitative estimate of drug-likeness (QED) is 0.686. The van der Waals surface area contributed by atoms with Crippen LogP contribution in [0.2, 0.25) is 0 Å². The Hall–Kier alpha value is -0.650. The van der Waals surface area contributed by atoms with Gasteiger partial charge in [0.1, 0.15) is 0 Å². The van der Waals surface area contributed by atoms with Gasteiger partial charge in [-0.15, -0.1) is 0 Å². The van der Waals surface area contributed by atoms with Gasteiger partial charge in [-0.25, -0.2) is 0 Å². The van der Waals surface area contributed by atoms with Crippen LogP contribution in [0.4, 0.5) is 0 Å². The topological polar surface area (TPSA) is 44.8 Å². The standard InChI is InChI=1S/C11H23N3O2/c1-13(2)10-11(15)14-6-3-4-12-5-8-16-9-7-14/h12H,3-10H2,1-2H3.